The Hall–Kier alpha value is -2.44. The standard InChI is InChI=1S/C10H12O4.C9H17NO2/c1-10(2,3)9(13)8-7(12)6(11)4-5-14-8;1-7(11)10(5)6-8(12)9(2,3)4/h4-5,12H,1-3H3;6H2,1-5H3. The molecule has 1 N–H and O–H groups in total. The number of Topliss-reactive ketones (excluding diaryl/α,β-unsaturated/α-hetero) is 2. The topological polar surface area (TPSA) is 105 Å². The molecule has 0 aliphatic heterocycles. The Morgan fingerprint density at radius 2 is 1.58 bits per heavy atom. The molecule has 1 aromatic rings. The molecule has 0 saturated carbocycles. The Morgan fingerprint density at radius 3 is 1.96 bits per heavy atom. The van der Waals surface area contributed by atoms with Gasteiger partial charge in [-0.3, -0.25) is 19.2 Å². The molecule has 1 aromatic heterocycles. The first-order valence-corrected chi connectivity index (χ1v) is 8.19. The summed E-state index contributed by atoms with van der Waals surface area (Å²) in [6.07, 6.45) is 1.10. The summed E-state index contributed by atoms with van der Waals surface area (Å²) in [4.78, 5) is 46.2. The number of nitrogens with zero attached hydrogens (tertiary/aromatic N) is 1. The summed E-state index contributed by atoms with van der Waals surface area (Å²) in [5.74, 6) is -1.28. The highest BCUT2D eigenvalue weighted by atomic mass is 16.4. The lowest BCUT2D eigenvalue weighted by Gasteiger charge is -2.21. The van der Waals surface area contributed by atoms with E-state index in [1.807, 2.05) is 20.8 Å². The minimum atomic E-state index is -0.686. The molecule has 0 aliphatic carbocycles. The lowest BCUT2D eigenvalue weighted by Crippen LogP contribution is -2.35. The molecular formula is C19H29NO6. The summed E-state index contributed by atoms with van der Waals surface area (Å²) in [6.45, 7) is 12.3. The molecular weight excluding hydrogens is 338 g/mol. The van der Waals surface area contributed by atoms with Gasteiger partial charge in [0.15, 0.2) is 5.78 Å². The molecule has 0 radical (unpaired) electrons. The predicted octanol–water partition coefficient (Wildman–Crippen LogP) is 2.65. The number of aromatic hydroxyl groups is 1. The predicted molar refractivity (Wildman–Crippen MR) is 98.2 cm³/mol. The molecule has 0 saturated heterocycles. The number of amides is 1. The third kappa shape index (κ3) is 7.21. The quantitative estimate of drug-likeness (QED) is 0.824. The van der Waals surface area contributed by atoms with Gasteiger partial charge in [-0.1, -0.05) is 41.5 Å². The summed E-state index contributed by atoms with van der Waals surface area (Å²) >= 11 is 0. The molecule has 7 nitrogen and oxygen atoms in total. The summed E-state index contributed by atoms with van der Waals surface area (Å²) in [7, 11) is 1.63. The molecule has 0 unspecified atom stereocenters. The van der Waals surface area contributed by atoms with E-state index in [1.54, 1.807) is 27.8 Å². The first-order valence-electron chi connectivity index (χ1n) is 8.19. The van der Waals surface area contributed by atoms with Crippen LogP contribution in [0, 0.1) is 10.8 Å². The van der Waals surface area contributed by atoms with Crippen LogP contribution < -0.4 is 5.43 Å². The van der Waals surface area contributed by atoms with E-state index in [1.165, 1.54) is 11.8 Å². The van der Waals surface area contributed by atoms with Gasteiger partial charge >= 0.3 is 0 Å². The Balaban J connectivity index is 0.000000488. The van der Waals surface area contributed by atoms with Crippen LogP contribution in [0.3, 0.4) is 0 Å². The summed E-state index contributed by atoms with van der Waals surface area (Å²) in [5, 5.41) is 9.30. The molecule has 0 fully saturated rings. The van der Waals surface area contributed by atoms with E-state index in [2.05, 4.69) is 0 Å². The zero-order valence-electron chi connectivity index (χ0n) is 16.8. The van der Waals surface area contributed by atoms with Gasteiger partial charge in [0.1, 0.15) is 0 Å². The normalized spacial score (nSPS) is 11.2. The van der Waals surface area contributed by atoms with Gasteiger partial charge < -0.3 is 14.4 Å². The highest BCUT2D eigenvalue weighted by molar-refractivity contribution is 5.99. The number of hydrogen-bond donors (Lipinski definition) is 1. The van der Waals surface area contributed by atoms with Crippen LogP contribution in [0.4, 0.5) is 0 Å². The molecule has 7 heteroatoms. The first kappa shape index (κ1) is 23.6. The van der Waals surface area contributed by atoms with E-state index >= 15 is 0 Å². The minimum Gasteiger partial charge on any atom is -0.501 e. The van der Waals surface area contributed by atoms with Crippen LogP contribution in [0.15, 0.2) is 21.5 Å². The second kappa shape index (κ2) is 8.78. The average Bonchev–Trinajstić information content (AvgIpc) is 2.48. The van der Waals surface area contributed by atoms with Crippen LogP contribution in [0.5, 0.6) is 5.75 Å². The van der Waals surface area contributed by atoms with Crippen molar-refractivity contribution in [2.45, 2.75) is 48.5 Å². The van der Waals surface area contributed by atoms with Crippen molar-refractivity contribution in [1.29, 1.82) is 0 Å². The van der Waals surface area contributed by atoms with Gasteiger partial charge in [-0.25, -0.2) is 0 Å². The van der Waals surface area contributed by atoms with Gasteiger partial charge in [-0.15, -0.1) is 0 Å². The van der Waals surface area contributed by atoms with E-state index in [9.17, 15) is 24.3 Å². The van der Waals surface area contributed by atoms with E-state index in [0.717, 1.165) is 12.3 Å². The van der Waals surface area contributed by atoms with Crippen molar-refractivity contribution in [3.63, 3.8) is 0 Å². The van der Waals surface area contributed by atoms with Gasteiger partial charge in [-0.05, 0) is 0 Å². The third-order valence-corrected chi connectivity index (χ3v) is 3.50. The highest BCUT2D eigenvalue weighted by Crippen LogP contribution is 2.24. The summed E-state index contributed by atoms with van der Waals surface area (Å²) < 4.78 is 4.83. The zero-order chi connectivity index (χ0) is 20.9. The maximum Gasteiger partial charge on any atom is 0.227 e. The maximum atomic E-state index is 11.6. The Labute approximate surface area is 154 Å². The number of carbonyl (C=O) groups excluding carboxylic acids is 3. The number of ketones is 2. The van der Waals surface area contributed by atoms with Crippen LogP contribution in [0.25, 0.3) is 0 Å². The number of rotatable bonds is 3. The molecule has 1 amide bonds. The molecule has 1 heterocycles. The Morgan fingerprint density at radius 1 is 1.08 bits per heavy atom. The SMILES string of the molecule is CC(=O)N(C)CC(=O)C(C)(C)C.CC(C)(C)C(=O)c1occc(=O)c1O. The van der Waals surface area contributed by atoms with E-state index in [4.69, 9.17) is 4.42 Å². The van der Waals surface area contributed by atoms with Gasteiger partial charge in [0.2, 0.25) is 28.6 Å². The Bertz CT molecular complexity index is 719. The van der Waals surface area contributed by atoms with Gasteiger partial charge in [-0.2, -0.15) is 0 Å². The first-order chi connectivity index (χ1) is 11.6. The van der Waals surface area contributed by atoms with Crippen molar-refractivity contribution in [2.24, 2.45) is 10.8 Å². The van der Waals surface area contributed by atoms with E-state index < -0.39 is 22.4 Å². The average molecular weight is 367 g/mol. The van der Waals surface area contributed by atoms with Crippen molar-refractivity contribution in [3.05, 3.63) is 28.3 Å². The minimum absolute atomic E-state index is 0.0763. The van der Waals surface area contributed by atoms with Crippen LogP contribution in [-0.4, -0.2) is 41.1 Å². The fourth-order valence-electron chi connectivity index (χ4n) is 1.48. The number of hydrogen-bond acceptors (Lipinski definition) is 6. The molecule has 1 rings (SSSR count). The van der Waals surface area contributed by atoms with Crippen LogP contribution >= 0.6 is 0 Å². The molecule has 0 spiro atoms. The van der Waals surface area contributed by atoms with Crippen molar-refractivity contribution < 1.29 is 23.9 Å². The van der Waals surface area contributed by atoms with Crippen LogP contribution in [-0.2, 0) is 9.59 Å². The third-order valence-electron chi connectivity index (χ3n) is 3.50. The van der Waals surface area contributed by atoms with Crippen molar-refractivity contribution in [2.75, 3.05) is 13.6 Å². The summed E-state index contributed by atoms with van der Waals surface area (Å²) in [6, 6.07) is 1.06. The summed E-state index contributed by atoms with van der Waals surface area (Å²) in [5.41, 5.74) is -1.65. The highest BCUT2D eigenvalue weighted by Gasteiger charge is 2.28. The van der Waals surface area contributed by atoms with Crippen molar-refractivity contribution in [3.8, 4) is 5.75 Å². The van der Waals surface area contributed by atoms with Crippen LogP contribution in [0.1, 0.15) is 59.0 Å². The second-order valence-corrected chi connectivity index (χ2v) is 8.09. The van der Waals surface area contributed by atoms with E-state index in [-0.39, 0.29) is 29.4 Å². The van der Waals surface area contributed by atoms with Crippen molar-refractivity contribution in [1.82, 2.24) is 4.90 Å². The van der Waals surface area contributed by atoms with Gasteiger partial charge in [0.25, 0.3) is 0 Å². The van der Waals surface area contributed by atoms with E-state index in [0.29, 0.717) is 0 Å². The molecule has 0 aliphatic rings. The molecule has 146 valence electrons. The lowest BCUT2D eigenvalue weighted by molar-refractivity contribution is -0.135. The Kier molecular flexibility index (Phi) is 7.96. The zero-order valence-corrected chi connectivity index (χ0v) is 16.8. The molecule has 26 heavy (non-hydrogen) atoms. The monoisotopic (exact) mass is 367 g/mol. The molecule has 0 atom stereocenters. The van der Waals surface area contributed by atoms with Gasteiger partial charge in [0.05, 0.1) is 12.8 Å². The molecule has 0 bridgehead atoms. The number of likely N-dealkylation sites (N-methyl/N-ethyl adjacent to an activating group) is 1. The van der Waals surface area contributed by atoms with Gasteiger partial charge in [0, 0.05) is 30.9 Å². The fourth-order valence-corrected chi connectivity index (χ4v) is 1.48. The maximum absolute atomic E-state index is 11.6. The van der Waals surface area contributed by atoms with Crippen molar-refractivity contribution >= 4 is 17.5 Å². The number of carbonyl (C=O) groups is 3. The molecule has 0 aromatic carbocycles. The lowest BCUT2D eigenvalue weighted by atomic mass is 9.89. The second-order valence-electron chi connectivity index (χ2n) is 8.09. The largest absolute Gasteiger partial charge is 0.501 e. The van der Waals surface area contributed by atoms with Crippen LogP contribution in [0.2, 0.25) is 0 Å². The fraction of sp³-hybridized carbons (Fsp3) is 0.579. The smallest absolute Gasteiger partial charge is 0.227 e.